The lowest BCUT2D eigenvalue weighted by Crippen LogP contribution is -2.34. The molecule has 1 aromatic rings. The first-order chi connectivity index (χ1) is 8.19. The van der Waals surface area contributed by atoms with E-state index in [1.165, 1.54) is 4.90 Å². The molecular formula is C13H17NO3. The fourth-order valence-electron chi connectivity index (χ4n) is 1.53. The monoisotopic (exact) mass is 235 g/mol. The van der Waals surface area contributed by atoms with Crippen LogP contribution in [0.5, 0.6) is 5.75 Å². The van der Waals surface area contributed by atoms with Crippen LogP contribution in [0.3, 0.4) is 0 Å². The van der Waals surface area contributed by atoms with Gasteiger partial charge in [-0.1, -0.05) is 24.3 Å². The lowest BCUT2D eigenvalue weighted by molar-refractivity contribution is -0.130. The third-order valence-electron chi connectivity index (χ3n) is 2.41. The van der Waals surface area contributed by atoms with Crippen molar-refractivity contribution in [1.29, 1.82) is 0 Å². The minimum Gasteiger partial charge on any atom is -0.508 e. The van der Waals surface area contributed by atoms with E-state index < -0.39 is 0 Å². The Hall–Kier alpha value is -1.81. The molecule has 1 aromatic carbocycles. The number of aliphatic hydroxyl groups is 1. The number of carbonyl (C=O) groups excluding carboxylic acids is 1. The summed E-state index contributed by atoms with van der Waals surface area (Å²) in [5.41, 5.74) is 0.588. The highest BCUT2D eigenvalue weighted by atomic mass is 16.3. The molecule has 0 bridgehead atoms. The zero-order valence-electron chi connectivity index (χ0n) is 9.67. The smallest absolute Gasteiger partial charge is 0.227 e. The van der Waals surface area contributed by atoms with E-state index in [1.807, 2.05) is 0 Å². The maximum absolute atomic E-state index is 11.9. The van der Waals surface area contributed by atoms with Crippen molar-refractivity contribution in [3.63, 3.8) is 0 Å². The second-order valence-electron chi connectivity index (χ2n) is 3.66. The highest BCUT2D eigenvalue weighted by molar-refractivity contribution is 5.79. The highest BCUT2D eigenvalue weighted by Crippen LogP contribution is 2.16. The molecule has 4 nitrogen and oxygen atoms in total. The lowest BCUT2D eigenvalue weighted by atomic mass is 10.1. The summed E-state index contributed by atoms with van der Waals surface area (Å²) in [6.45, 7) is 4.15. The van der Waals surface area contributed by atoms with Gasteiger partial charge in [0.2, 0.25) is 5.91 Å². The first kappa shape index (κ1) is 13.3. The number of aromatic hydroxyl groups is 1. The third-order valence-corrected chi connectivity index (χ3v) is 2.41. The number of hydrogen-bond donors (Lipinski definition) is 2. The fourth-order valence-corrected chi connectivity index (χ4v) is 1.53. The predicted octanol–water partition coefficient (Wildman–Crippen LogP) is 0.942. The Bertz CT molecular complexity index is 390. The predicted molar refractivity (Wildman–Crippen MR) is 65.7 cm³/mol. The average Bonchev–Trinajstić information content (AvgIpc) is 2.32. The van der Waals surface area contributed by atoms with Gasteiger partial charge in [-0.25, -0.2) is 0 Å². The maximum Gasteiger partial charge on any atom is 0.227 e. The van der Waals surface area contributed by atoms with Gasteiger partial charge in [0.25, 0.3) is 0 Å². The van der Waals surface area contributed by atoms with Crippen LogP contribution in [0.25, 0.3) is 0 Å². The number of amides is 1. The van der Waals surface area contributed by atoms with Crippen LogP contribution < -0.4 is 0 Å². The molecule has 0 aliphatic heterocycles. The second-order valence-corrected chi connectivity index (χ2v) is 3.66. The summed E-state index contributed by atoms with van der Waals surface area (Å²) in [6, 6.07) is 6.73. The topological polar surface area (TPSA) is 60.8 Å². The Kier molecular flexibility index (Phi) is 5.23. The van der Waals surface area contributed by atoms with Gasteiger partial charge < -0.3 is 15.1 Å². The molecule has 0 aliphatic rings. The normalized spacial score (nSPS) is 9.94. The van der Waals surface area contributed by atoms with Crippen molar-refractivity contribution < 1.29 is 15.0 Å². The molecule has 0 aromatic heterocycles. The number of benzene rings is 1. The van der Waals surface area contributed by atoms with E-state index in [9.17, 15) is 9.90 Å². The summed E-state index contributed by atoms with van der Waals surface area (Å²) >= 11 is 0. The molecule has 0 saturated carbocycles. The number of hydrogen-bond acceptors (Lipinski definition) is 3. The van der Waals surface area contributed by atoms with Gasteiger partial charge in [0.15, 0.2) is 0 Å². The minimum atomic E-state index is -0.138. The number of phenols is 1. The average molecular weight is 235 g/mol. The van der Waals surface area contributed by atoms with Gasteiger partial charge in [-0.3, -0.25) is 4.79 Å². The minimum absolute atomic E-state index is 0.0830. The van der Waals surface area contributed by atoms with Crippen LogP contribution in [-0.2, 0) is 11.2 Å². The van der Waals surface area contributed by atoms with Gasteiger partial charge in [-0.15, -0.1) is 6.58 Å². The summed E-state index contributed by atoms with van der Waals surface area (Å²) in [7, 11) is 0. The summed E-state index contributed by atoms with van der Waals surface area (Å²) < 4.78 is 0. The summed E-state index contributed by atoms with van der Waals surface area (Å²) in [5, 5.41) is 18.4. The van der Waals surface area contributed by atoms with Crippen LogP contribution in [0.4, 0.5) is 0 Å². The third kappa shape index (κ3) is 3.92. The van der Waals surface area contributed by atoms with Crippen LogP contribution in [0.1, 0.15) is 5.56 Å². The summed E-state index contributed by atoms with van der Waals surface area (Å²) in [5.74, 6) is -0.0242. The van der Waals surface area contributed by atoms with E-state index in [4.69, 9.17) is 5.11 Å². The van der Waals surface area contributed by atoms with Crippen LogP contribution in [0, 0.1) is 0 Å². The van der Waals surface area contributed by atoms with Crippen molar-refractivity contribution in [3.05, 3.63) is 42.5 Å². The van der Waals surface area contributed by atoms with Gasteiger partial charge >= 0.3 is 0 Å². The first-order valence-electron chi connectivity index (χ1n) is 5.45. The summed E-state index contributed by atoms with van der Waals surface area (Å²) in [6.07, 6.45) is 1.74. The van der Waals surface area contributed by atoms with Crippen LogP contribution in [0.2, 0.25) is 0 Å². The van der Waals surface area contributed by atoms with Crippen molar-refractivity contribution >= 4 is 5.91 Å². The van der Waals surface area contributed by atoms with Gasteiger partial charge in [-0.2, -0.15) is 0 Å². The molecule has 0 fully saturated rings. The molecule has 0 spiro atoms. The quantitative estimate of drug-likeness (QED) is 0.721. The largest absolute Gasteiger partial charge is 0.508 e. The van der Waals surface area contributed by atoms with E-state index in [2.05, 4.69) is 6.58 Å². The zero-order chi connectivity index (χ0) is 12.7. The molecule has 1 rings (SSSR count). The molecule has 0 atom stereocenters. The van der Waals surface area contributed by atoms with E-state index in [0.29, 0.717) is 12.1 Å². The molecule has 17 heavy (non-hydrogen) atoms. The number of nitrogens with zero attached hydrogens (tertiary/aromatic N) is 1. The standard InChI is InChI=1S/C13H17NO3/c1-2-7-14(8-9-15)13(17)10-11-5-3-4-6-12(11)16/h2-6,15-16H,1,7-10H2. The second kappa shape index (κ2) is 6.70. The van der Waals surface area contributed by atoms with E-state index >= 15 is 0 Å². The Balaban J connectivity index is 2.69. The molecule has 92 valence electrons. The van der Waals surface area contributed by atoms with Gasteiger partial charge in [-0.05, 0) is 6.07 Å². The molecule has 0 unspecified atom stereocenters. The number of aliphatic hydroxyl groups excluding tert-OH is 1. The van der Waals surface area contributed by atoms with Crippen LogP contribution >= 0.6 is 0 Å². The molecule has 0 radical (unpaired) electrons. The van der Waals surface area contributed by atoms with Crippen molar-refractivity contribution in [2.45, 2.75) is 6.42 Å². The number of rotatable bonds is 6. The van der Waals surface area contributed by atoms with Crippen molar-refractivity contribution in [2.24, 2.45) is 0 Å². The molecule has 0 heterocycles. The maximum atomic E-state index is 11.9. The van der Waals surface area contributed by atoms with E-state index in [-0.39, 0.29) is 31.2 Å². The molecule has 0 aliphatic carbocycles. The Morgan fingerprint density at radius 3 is 2.71 bits per heavy atom. The van der Waals surface area contributed by atoms with Gasteiger partial charge in [0, 0.05) is 18.7 Å². The zero-order valence-corrected chi connectivity index (χ0v) is 9.67. The molecule has 2 N–H and O–H groups in total. The van der Waals surface area contributed by atoms with Crippen molar-refractivity contribution in [2.75, 3.05) is 19.7 Å². The number of carbonyl (C=O) groups is 1. The van der Waals surface area contributed by atoms with Crippen LogP contribution in [-0.4, -0.2) is 40.7 Å². The van der Waals surface area contributed by atoms with E-state index in [1.54, 1.807) is 30.3 Å². The highest BCUT2D eigenvalue weighted by Gasteiger charge is 2.13. The van der Waals surface area contributed by atoms with E-state index in [0.717, 1.165) is 0 Å². The first-order valence-corrected chi connectivity index (χ1v) is 5.45. The Labute approximate surface area is 101 Å². The van der Waals surface area contributed by atoms with Gasteiger partial charge in [0.1, 0.15) is 5.75 Å². The molecule has 1 amide bonds. The fraction of sp³-hybridized carbons (Fsp3) is 0.308. The van der Waals surface area contributed by atoms with Crippen LogP contribution in [0.15, 0.2) is 36.9 Å². The molecular weight excluding hydrogens is 218 g/mol. The van der Waals surface area contributed by atoms with Crippen molar-refractivity contribution in [3.8, 4) is 5.75 Å². The molecule has 4 heteroatoms. The number of phenolic OH excluding ortho intramolecular Hbond substituents is 1. The van der Waals surface area contributed by atoms with Gasteiger partial charge in [0.05, 0.1) is 13.0 Å². The summed E-state index contributed by atoms with van der Waals surface area (Å²) in [4.78, 5) is 13.4. The lowest BCUT2D eigenvalue weighted by Gasteiger charge is -2.20. The van der Waals surface area contributed by atoms with Crippen molar-refractivity contribution in [1.82, 2.24) is 4.90 Å². The molecule has 0 saturated heterocycles. The Morgan fingerprint density at radius 2 is 2.12 bits per heavy atom. The Morgan fingerprint density at radius 1 is 1.41 bits per heavy atom. The number of para-hydroxylation sites is 1. The SMILES string of the molecule is C=CCN(CCO)C(=O)Cc1ccccc1O.